The van der Waals surface area contributed by atoms with E-state index in [-0.39, 0.29) is 12.5 Å². The van der Waals surface area contributed by atoms with E-state index in [2.05, 4.69) is 24.4 Å². The number of furan rings is 1. The number of rotatable bonds is 6. The highest BCUT2D eigenvalue weighted by molar-refractivity contribution is 5.81. The Bertz CT molecular complexity index is 646. The number of aryl methyl sites for hydroxylation is 1. The fraction of sp³-hybridized carbons (Fsp3) is 0.294. The molecule has 0 aliphatic carbocycles. The van der Waals surface area contributed by atoms with E-state index in [1.807, 2.05) is 25.1 Å². The average molecular weight is 300 g/mol. The predicted molar refractivity (Wildman–Crippen MR) is 85.2 cm³/mol. The lowest BCUT2D eigenvalue weighted by molar-refractivity contribution is -0.123. The molecule has 0 aliphatic heterocycles. The Morgan fingerprint density at radius 1 is 1.41 bits per heavy atom. The Kier molecular flexibility index (Phi) is 5.36. The Balaban J connectivity index is 1.89. The van der Waals surface area contributed by atoms with Gasteiger partial charge < -0.3 is 9.15 Å². The molecule has 0 spiro atoms. The maximum absolute atomic E-state index is 11.7. The molecule has 0 atom stereocenters. The first-order chi connectivity index (χ1) is 10.6. The lowest BCUT2D eigenvalue weighted by atomic mass is 10.0. The number of carbonyl (C=O) groups is 1. The molecule has 116 valence electrons. The molecule has 2 aromatic rings. The van der Waals surface area contributed by atoms with Crippen LogP contribution in [0.4, 0.5) is 0 Å². The zero-order valence-corrected chi connectivity index (χ0v) is 13.0. The van der Waals surface area contributed by atoms with Gasteiger partial charge in [0.05, 0.1) is 12.5 Å². The number of nitrogens with zero attached hydrogens (tertiary/aromatic N) is 1. The van der Waals surface area contributed by atoms with Crippen molar-refractivity contribution in [1.29, 1.82) is 0 Å². The molecule has 5 heteroatoms. The average Bonchev–Trinajstić information content (AvgIpc) is 2.98. The lowest BCUT2D eigenvalue weighted by Gasteiger charge is -2.14. The zero-order valence-electron chi connectivity index (χ0n) is 13.0. The highest BCUT2D eigenvalue weighted by Crippen LogP contribution is 2.27. The Hall–Kier alpha value is -2.56. The first kappa shape index (κ1) is 15.8. The molecule has 0 bridgehead atoms. The smallest absolute Gasteiger partial charge is 0.277 e. The van der Waals surface area contributed by atoms with Gasteiger partial charge in [-0.1, -0.05) is 26.0 Å². The third-order valence-electron chi connectivity index (χ3n) is 3.07. The Morgan fingerprint density at radius 3 is 2.91 bits per heavy atom. The van der Waals surface area contributed by atoms with Crippen molar-refractivity contribution in [2.24, 2.45) is 5.10 Å². The number of carbonyl (C=O) groups excluding carboxylic acids is 1. The molecule has 1 aromatic carbocycles. The maximum Gasteiger partial charge on any atom is 0.277 e. The number of hydrazone groups is 1. The van der Waals surface area contributed by atoms with Crippen LogP contribution in [0.3, 0.4) is 0 Å². The first-order valence-corrected chi connectivity index (χ1v) is 7.15. The van der Waals surface area contributed by atoms with Crippen LogP contribution in [0.2, 0.25) is 0 Å². The van der Waals surface area contributed by atoms with Crippen molar-refractivity contribution in [2.75, 3.05) is 6.61 Å². The number of hydrogen-bond donors (Lipinski definition) is 1. The van der Waals surface area contributed by atoms with Gasteiger partial charge in [0, 0.05) is 0 Å². The number of nitrogens with one attached hydrogen (secondary N) is 1. The monoisotopic (exact) mass is 300 g/mol. The quantitative estimate of drug-likeness (QED) is 0.658. The van der Waals surface area contributed by atoms with E-state index >= 15 is 0 Å². The van der Waals surface area contributed by atoms with Crippen LogP contribution in [0, 0.1) is 6.92 Å². The Labute approximate surface area is 130 Å². The van der Waals surface area contributed by atoms with Gasteiger partial charge in [-0.05, 0) is 42.2 Å². The lowest BCUT2D eigenvalue weighted by Crippen LogP contribution is -2.24. The molecular formula is C17H20N2O3. The minimum Gasteiger partial charge on any atom is -0.483 e. The highest BCUT2D eigenvalue weighted by atomic mass is 16.5. The minimum atomic E-state index is -0.320. The Morgan fingerprint density at radius 2 is 2.23 bits per heavy atom. The number of ether oxygens (including phenoxy) is 1. The van der Waals surface area contributed by atoms with Gasteiger partial charge in [-0.15, -0.1) is 0 Å². The highest BCUT2D eigenvalue weighted by Gasteiger charge is 2.09. The number of amides is 1. The largest absolute Gasteiger partial charge is 0.483 e. The number of hydrogen-bond acceptors (Lipinski definition) is 4. The van der Waals surface area contributed by atoms with E-state index in [1.165, 1.54) is 12.5 Å². The summed E-state index contributed by atoms with van der Waals surface area (Å²) in [6.07, 6.45) is 2.97. The molecule has 0 unspecified atom stereocenters. The van der Waals surface area contributed by atoms with Gasteiger partial charge >= 0.3 is 0 Å². The SMILES string of the molecule is Cc1ccc(C(C)C)c(OCC(=O)NN=Cc2ccco2)c1. The molecule has 0 fully saturated rings. The van der Waals surface area contributed by atoms with Crippen LogP contribution in [-0.4, -0.2) is 18.7 Å². The van der Waals surface area contributed by atoms with Gasteiger partial charge in [0.2, 0.25) is 0 Å². The minimum absolute atomic E-state index is 0.0847. The number of benzene rings is 1. The first-order valence-electron chi connectivity index (χ1n) is 7.15. The van der Waals surface area contributed by atoms with Gasteiger partial charge in [0.15, 0.2) is 6.61 Å². The fourth-order valence-electron chi connectivity index (χ4n) is 1.95. The van der Waals surface area contributed by atoms with Gasteiger partial charge in [-0.2, -0.15) is 5.10 Å². The van der Waals surface area contributed by atoms with Crippen LogP contribution in [0.15, 0.2) is 46.1 Å². The van der Waals surface area contributed by atoms with Crippen LogP contribution in [0.5, 0.6) is 5.75 Å². The molecule has 2 rings (SSSR count). The molecule has 5 nitrogen and oxygen atoms in total. The van der Waals surface area contributed by atoms with Crippen molar-refractivity contribution in [1.82, 2.24) is 5.43 Å². The zero-order chi connectivity index (χ0) is 15.9. The van der Waals surface area contributed by atoms with Gasteiger partial charge in [-0.25, -0.2) is 5.43 Å². The molecule has 22 heavy (non-hydrogen) atoms. The molecule has 0 saturated carbocycles. The second-order valence-corrected chi connectivity index (χ2v) is 5.29. The van der Waals surface area contributed by atoms with Crippen LogP contribution in [-0.2, 0) is 4.79 Å². The summed E-state index contributed by atoms with van der Waals surface area (Å²) in [5.41, 5.74) is 4.57. The maximum atomic E-state index is 11.7. The van der Waals surface area contributed by atoms with Crippen molar-refractivity contribution in [3.63, 3.8) is 0 Å². The van der Waals surface area contributed by atoms with Crippen molar-refractivity contribution < 1.29 is 13.9 Å². The van der Waals surface area contributed by atoms with Gasteiger partial charge in [0.1, 0.15) is 11.5 Å². The van der Waals surface area contributed by atoms with Crippen LogP contribution < -0.4 is 10.2 Å². The molecule has 0 radical (unpaired) electrons. The van der Waals surface area contributed by atoms with E-state index in [1.54, 1.807) is 12.1 Å². The molecule has 1 aromatic heterocycles. The summed E-state index contributed by atoms with van der Waals surface area (Å²) in [5, 5.41) is 3.80. The molecule has 0 saturated heterocycles. The third kappa shape index (κ3) is 4.48. The second kappa shape index (κ2) is 7.45. The summed E-state index contributed by atoms with van der Waals surface area (Å²) in [6, 6.07) is 9.50. The van der Waals surface area contributed by atoms with E-state index in [4.69, 9.17) is 9.15 Å². The molecule has 1 heterocycles. The van der Waals surface area contributed by atoms with Crippen LogP contribution in [0.1, 0.15) is 36.7 Å². The molecular weight excluding hydrogens is 280 g/mol. The summed E-state index contributed by atoms with van der Waals surface area (Å²) in [6.45, 7) is 6.08. The van der Waals surface area contributed by atoms with Crippen molar-refractivity contribution in [3.8, 4) is 5.75 Å². The van der Waals surface area contributed by atoms with E-state index in [9.17, 15) is 4.79 Å². The van der Waals surface area contributed by atoms with Crippen molar-refractivity contribution >= 4 is 12.1 Å². The fourth-order valence-corrected chi connectivity index (χ4v) is 1.95. The normalized spacial score (nSPS) is 11.1. The summed E-state index contributed by atoms with van der Waals surface area (Å²) in [5.74, 6) is 1.32. The summed E-state index contributed by atoms with van der Waals surface area (Å²) >= 11 is 0. The van der Waals surface area contributed by atoms with Crippen LogP contribution >= 0.6 is 0 Å². The van der Waals surface area contributed by atoms with Gasteiger partial charge in [-0.3, -0.25) is 4.79 Å². The summed E-state index contributed by atoms with van der Waals surface area (Å²) in [4.78, 5) is 11.7. The van der Waals surface area contributed by atoms with E-state index in [0.29, 0.717) is 11.7 Å². The van der Waals surface area contributed by atoms with Crippen molar-refractivity contribution in [2.45, 2.75) is 26.7 Å². The molecule has 1 amide bonds. The standard InChI is InChI=1S/C17H20N2O3/c1-12(2)15-7-6-13(3)9-16(15)22-11-17(20)19-18-10-14-5-4-8-21-14/h4-10,12H,11H2,1-3H3,(H,19,20). The summed E-state index contributed by atoms with van der Waals surface area (Å²) < 4.78 is 10.7. The van der Waals surface area contributed by atoms with Crippen LogP contribution in [0.25, 0.3) is 0 Å². The molecule has 0 aliphatic rings. The van der Waals surface area contributed by atoms with Gasteiger partial charge in [0.25, 0.3) is 5.91 Å². The third-order valence-corrected chi connectivity index (χ3v) is 3.07. The molecule has 1 N–H and O–H groups in total. The second-order valence-electron chi connectivity index (χ2n) is 5.29. The topological polar surface area (TPSA) is 63.8 Å². The predicted octanol–water partition coefficient (Wildman–Crippen LogP) is 3.24. The van der Waals surface area contributed by atoms with E-state index in [0.717, 1.165) is 16.9 Å². The van der Waals surface area contributed by atoms with E-state index < -0.39 is 0 Å². The van der Waals surface area contributed by atoms with Crippen molar-refractivity contribution in [3.05, 3.63) is 53.5 Å². The summed E-state index contributed by atoms with van der Waals surface area (Å²) in [7, 11) is 0.